The Morgan fingerprint density at radius 2 is 2.04 bits per heavy atom. The summed E-state index contributed by atoms with van der Waals surface area (Å²) in [4.78, 5) is 8.70. The number of hydrogen-bond donors (Lipinski definition) is 2. The van der Waals surface area contributed by atoms with E-state index in [1.165, 1.54) is 5.56 Å². The van der Waals surface area contributed by atoms with E-state index < -0.39 is 0 Å². The Labute approximate surface area is 143 Å². The molecule has 128 valence electrons. The first-order valence-electron chi connectivity index (χ1n) is 8.67. The zero-order valence-electron chi connectivity index (χ0n) is 14.4. The normalized spacial score (nSPS) is 19.8. The molecule has 2 aromatic rings. The van der Waals surface area contributed by atoms with Gasteiger partial charge in [-0.05, 0) is 44.7 Å². The van der Waals surface area contributed by atoms with Gasteiger partial charge in [0, 0.05) is 30.3 Å². The molecule has 1 fully saturated rings. The third-order valence-electron chi connectivity index (χ3n) is 4.32. The predicted octanol–water partition coefficient (Wildman–Crippen LogP) is 3.12. The Bertz CT molecular complexity index is 668. The van der Waals surface area contributed by atoms with Gasteiger partial charge in [0.25, 0.3) is 0 Å². The SMILES string of the molecule is CC(C)Oc1ccccc1CCNc1cc(C2CC(N)C2)ncn1. The van der Waals surface area contributed by atoms with Gasteiger partial charge in [-0.1, -0.05) is 18.2 Å². The Balaban J connectivity index is 1.56. The lowest BCUT2D eigenvalue weighted by Crippen LogP contribution is -2.35. The second-order valence-electron chi connectivity index (χ2n) is 6.71. The average Bonchev–Trinajstić information content (AvgIpc) is 2.53. The number of nitrogens with two attached hydrogens (primary N) is 1. The molecule has 1 saturated carbocycles. The van der Waals surface area contributed by atoms with Crippen molar-refractivity contribution in [3.63, 3.8) is 0 Å². The summed E-state index contributed by atoms with van der Waals surface area (Å²) in [5.74, 6) is 2.33. The van der Waals surface area contributed by atoms with E-state index in [0.717, 1.165) is 43.1 Å². The summed E-state index contributed by atoms with van der Waals surface area (Å²) >= 11 is 0. The van der Waals surface area contributed by atoms with E-state index in [1.54, 1.807) is 6.33 Å². The molecule has 0 atom stereocenters. The summed E-state index contributed by atoms with van der Waals surface area (Å²) in [5, 5.41) is 3.39. The van der Waals surface area contributed by atoms with Crippen LogP contribution in [0.5, 0.6) is 5.75 Å². The first kappa shape index (κ1) is 16.7. The summed E-state index contributed by atoms with van der Waals surface area (Å²) in [6, 6.07) is 10.6. The highest BCUT2D eigenvalue weighted by molar-refractivity contribution is 5.38. The second-order valence-corrected chi connectivity index (χ2v) is 6.71. The summed E-state index contributed by atoms with van der Waals surface area (Å²) in [6.45, 7) is 4.90. The predicted molar refractivity (Wildman–Crippen MR) is 96.4 cm³/mol. The fourth-order valence-electron chi connectivity index (χ4n) is 3.00. The standard InChI is InChI=1S/C19H26N4O/c1-13(2)24-18-6-4-3-5-14(18)7-8-21-19-11-17(22-12-23-19)15-9-16(20)10-15/h3-6,11-13,15-16H,7-10,20H2,1-2H3,(H,21,22,23). The van der Waals surface area contributed by atoms with Crippen molar-refractivity contribution in [2.45, 2.75) is 51.2 Å². The number of aromatic nitrogens is 2. The molecule has 1 aliphatic rings. The van der Waals surface area contributed by atoms with Gasteiger partial charge in [0.1, 0.15) is 17.9 Å². The minimum Gasteiger partial charge on any atom is -0.491 e. The van der Waals surface area contributed by atoms with Crippen molar-refractivity contribution in [2.24, 2.45) is 5.73 Å². The Morgan fingerprint density at radius 1 is 1.25 bits per heavy atom. The molecule has 0 radical (unpaired) electrons. The molecule has 1 aromatic carbocycles. The van der Waals surface area contributed by atoms with E-state index in [9.17, 15) is 0 Å². The highest BCUT2D eigenvalue weighted by atomic mass is 16.5. The maximum absolute atomic E-state index is 5.87. The van der Waals surface area contributed by atoms with Crippen LogP contribution in [-0.4, -0.2) is 28.7 Å². The molecule has 5 heteroatoms. The Morgan fingerprint density at radius 3 is 2.79 bits per heavy atom. The first-order chi connectivity index (χ1) is 11.6. The van der Waals surface area contributed by atoms with Crippen LogP contribution in [0.4, 0.5) is 5.82 Å². The monoisotopic (exact) mass is 326 g/mol. The lowest BCUT2D eigenvalue weighted by molar-refractivity contribution is 0.240. The molecule has 0 bridgehead atoms. The molecule has 0 unspecified atom stereocenters. The Kier molecular flexibility index (Phi) is 5.30. The summed E-state index contributed by atoms with van der Waals surface area (Å²) in [6.07, 6.45) is 4.75. The number of para-hydroxylation sites is 1. The molecule has 3 N–H and O–H groups in total. The number of benzene rings is 1. The van der Waals surface area contributed by atoms with Gasteiger partial charge in [-0.2, -0.15) is 0 Å². The van der Waals surface area contributed by atoms with Crippen LogP contribution in [0, 0.1) is 0 Å². The van der Waals surface area contributed by atoms with E-state index in [0.29, 0.717) is 12.0 Å². The van der Waals surface area contributed by atoms with Crippen molar-refractivity contribution in [3.8, 4) is 5.75 Å². The van der Waals surface area contributed by atoms with Crippen molar-refractivity contribution in [1.29, 1.82) is 0 Å². The van der Waals surface area contributed by atoms with Crippen LogP contribution >= 0.6 is 0 Å². The molecule has 0 aliphatic heterocycles. The van der Waals surface area contributed by atoms with Gasteiger partial charge in [0.15, 0.2) is 0 Å². The zero-order chi connectivity index (χ0) is 16.9. The van der Waals surface area contributed by atoms with Crippen LogP contribution in [0.15, 0.2) is 36.7 Å². The number of hydrogen-bond acceptors (Lipinski definition) is 5. The molecule has 1 heterocycles. The van der Waals surface area contributed by atoms with E-state index in [2.05, 4.69) is 21.4 Å². The van der Waals surface area contributed by atoms with Crippen LogP contribution in [-0.2, 0) is 6.42 Å². The fraction of sp³-hybridized carbons (Fsp3) is 0.474. The molecular weight excluding hydrogens is 300 g/mol. The first-order valence-corrected chi connectivity index (χ1v) is 8.67. The fourth-order valence-corrected chi connectivity index (χ4v) is 3.00. The minimum atomic E-state index is 0.178. The highest BCUT2D eigenvalue weighted by Crippen LogP contribution is 2.34. The van der Waals surface area contributed by atoms with Crippen LogP contribution in [0.3, 0.4) is 0 Å². The maximum atomic E-state index is 5.87. The molecule has 5 nitrogen and oxygen atoms in total. The maximum Gasteiger partial charge on any atom is 0.129 e. The lowest BCUT2D eigenvalue weighted by Gasteiger charge is -2.31. The second kappa shape index (κ2) is 7.62. The van der Waals surface area contributed by atoms with E-state index in [4.69, 9.17) is 10.5 Å². The molecule has 0 saturated heterocycles. The van der Waals surface area contributed by atoms with Crippen LogP contribution in [0.1, 0.15) is 43.9 Å². The quantitative estimate of drug-likeness (QED) is 0.818. The van der Waals surface area contributed by atoms with Gasteiger partial charge < -0.3 is 15.8 Å². The molecule has 1 aromatic heterocycles. The van der Waals surface area contributed by atoms with Crippen LogP contribution in [0.25, 0.3) is 0 Å². The number of nitrogens with zero attached hydrogens (tertiary/aromatic N) is 2. The number of rotatable bonds is 7. The van der Waals surface area contributed by atoms with Gasteiger partial charge in [-0.3, -0.25) is 0 Å². The van der Waals surface area contributed by atoms with E-state index in [1.807, 2.05) is 38.1 Å². The number of nitrogens with one attached hydrogen (secondary N) is 1. The van der Waals surface area contributed by atoms with Crippen LogP contribution < -0.4 is 15.8 Å². The van der Waals surface area contributed by atoms with Crippen molar-refractivity contribution >= 4 is 5.82 Å². The lowest BCUT2D eigenvalue weighted by atomic mass is 9.79. The van der Waals surface area contributed by atoms with Crippen molar-refractivity contribution in [2.75, 3.05) is 11.9 Å². The van der Waals surface area contributed by atoms with Crippen LogP contribution in [0.2, 0.25) is 0 Å². The smallest absolute Gasteiger partial charge is 0.129 e. The zero-order valence-corrected chi connectivity index (χ0v) is 14.4. The molecule has 0 amide bonds. The third-order valence-corrected chi connectivity index (χ3v) is 4.32. The van der Waals surface area contributed by atoms with Gasteiger partial charge in [0.05, 0.1) is 6.10 Å². The Hall–Kier alpha value is -2.14. The summed E-state index contributed by atoms with van der Waals surface area (Å²) in [7, 11) is 0. The molecule has 24 heavy (non-hydrogen) atoms. The van der Waals surface area contributed by atoms with Gasteiger partial charge in [-0.15, -0.1) is 0 Å². The van der Waals surface area contributed by atoms with Crippen molar-refractivity contribution < 1.29 is 4.74 Å². The average molecular weight is 326 g/mol. The highest BCUT2D eigenvalue weighted by Gasteiger charge is 2.28. The number of ether oxygens (including phenoxy) is 1. The molecular formula is C19H26N4O. The minimum absolute atomic E-state index is 0.178. The third kappa shape index (κ3) is 4.23. The molecule has 1 aliphatic carbocycles. The van der Waals surface area contributed by atoms with Gasteiger partial charge in [-0.25, -0.2) is 9.97 Å². The molecule has 3 rings (SSSR count). The molecule has 0 spiro atoms. The van der Waals surface area contributed by atoms with E-state index >= 15 is 0 Å². The number of anilines is 1. The van der Waals surface area contributed by atoms with Crippen molar-refractivity contribution in [3.05, 3.63) is 47.9 Å². The summed E-state index contributed by atoms with van der Waals surface area (Å²) in [5.41, 5.74) is 8.17. The van der Waals surface area contributed by atoms with Gasteiger partial charge >= 0.3 is 0 Å². The summed E-state index contributed by atoms with van der Waals surface area (Å²) < 4.78 is 5.87. The van der Waals surface area contributed by atoms with Crippen molar-refractivity contribution in [1.82, 2.24) is 9.97 Å². The van der Waals surface area contributed by atoms with Gasteiger partial charge in [0.2, 0.25) is 0 Å². The largest absolute Gasteiger partial charge is 0.491 e. The topological polar surface area (TPSA) is 73.1 Å². The van der Waals surface area contributed by atoms with E-state index in [-0.39, 0.29) is 6.10 Å².